The van der Waals surface area contributed by atoms with Crippen LogP contribution in [0.3, 0.4) is 0 Å². The Morgan fingerprint density at radius 3 is 2.86 bits per heavy atom. The predicted octanol–water partition coefficient (Wildman–Crippen LogP) is 3.00. The van der Waals surface area contributed by atoms with Crippen molar-refractivity contribution in [1.29, 1.82) is 0 Å². The molecule has 0 aliphatic rings. The van der Waals surface area contributed by atoms with E-state index in [1.807, 2.05) is 49.4 Å². The van der Waals surface area contributed by atoms with Gasteiger partial charge in [0.25, 0.3) is 5.56 Å². The van der Waals surface area contributed by atoms with Gasteiger partial charge in [-0.05, 0) is 42.8 Å². The van der Waals surface area contributed by atoms with Crippen molar-refractivity contribution in [2.45, 2.75) is 6.92 Å². The third-order valence-electron chi connectivity index (χ3n) is 3.43. The number of aromatic nitrogens is 2. The fourth-order valence-electron chi connectivity index (χ4n) is 2.42. The Hall–Kier alpha value is -2.62. The van der Waals surface area contributed by atoms with Crippen LogP contribution in [0, 0.1) is 0 Å². The predicted molar refractivity (Wildman–Crippen MR) is 83.6 cm³/mol. The lowest BCUT2D eigenvalue weighted by Crippen LogP contribution is -2.19. The van der Waals surface area contributed by atoms with Crippen LogP contribution >= 0.6 is 0 Å². The summed E-state index contributed by atoms with van der Waals surface area (Å²) in [6, 6.07) is 13.3. The molecule has 1 aromatic carbocycles. The smallest absolute Gasteiger partial charge is 0.259 e. The molecule has 0 aliphatic heterocycles. The van der Waals surface area contributed by atoms with Crippen molar-refractivity contribution in [1.82, 2.24) is 9.55 Å². The summed E-state index contributed by atoms with van der Waals surface area (Å²) in [5.41, 5.74) is 2.13. The van der Waals surface area contributed by atoms with Gasteiger partial charge >= 0.3 is 0 Å². The van der Waals surface area contributed by atoms with Crippen molar-refractivity contribution in [2.75, 3.05) is 6.61 Å². The molecule has 0 unspecified atom stereocenters. The summed E-state index contributed by atoms with van der Waals surface area (Å²) in [6.07, 6.45) is 1.69. The highest BCUT2D eigenvalue weighted by Gasteiger charge is 2.10. The van der Waals surface area contributed by atoms with Gasteiger partial charge in [-0.1, -0.05) is 12.1 Å². The molecular formula is C17H16N2O2. The molecule has 3 rings (SSSR count). The molecule has 0 saturated carbocycles. The van der Waals surface area contributed by atoms with Gasteiger partial charge in [0.05, 0.1) is 6.61 Å². The van der Waals surface area contributed by atoms with Crippen molar-refractivity contribution in [2.24, 2.45) is 7.05 Å². The largest absolute Gasteiger partial charge is 0.494 e. The summed E-state index contributed by atoms with van der Waals surface area (Å²) < 4.78 is 7.09. The zero-order valence-electron chi connectivity index (χ0n) is 12.0. The first-order chi connectivity index (χ1) is 10.2. The first-order valence-corrected chi connectivity index (χ1v) is 6.88. The highest BCUT2D eigenvalue weighted by Crippen LogP contribution is 2.23. The average molecular weight is 280 g/mol. The number of ether oxygens (including phenoxy) is 1. The number of hydrogen-bond donors (Lipinski definition) is 0. The van der Waals surface area contributed by atoms with Crippen LogP contribution in [0.1, 0.15) is 6.92 Å². The van der Waals surface area contributed by atoms with Crippen molar-refractivity contribution < 1.29 is 4.74 Å². The highest BCUT2D eigenvalue weighted by molar-refractivity contribution is 5.81. The van der Waals surface area contributed by atoms with E-state index < -0.39 is 0 Å². The van der Waals surface area contributed by atoms with E-state index in [-0.39, 0.29) is 5.56 Å². The Morgan fingerprint density at radius 2 is 2.05 bits per heavy atom. The molecule has 4 nitrogen and oxygen atoms in total. The molecule has 2 heterocycles. The maximum Gasteiger partial charge on any atom is 0.259 e. The molecule has 0 amide bonds. The number of hydrogen-bond acceptors (Lipinski definition) is 3. The average Bonchev–Trinajstić information content (AvgIpc) is 2.51. The second-order valence-electron chi connectivity index (χ2n) is 4.80. The topological polar surface area (TPSA) is 44.1 Å². The highest BCUT2D eigenvalue weighted by atomic mass is 16.5. The molecule has 0 atom stereocenters. The lowest BCUT2D eigenvalue weighted by atomic mass is 10.1. The van der Waals surface area contributed by atoms with Gasteiger partial charge in [0.1, 0.15) is 11.4 Å². The minimum atomic E-state index is -0.0603. The number of nitrogens with zero attached hydrogens (tertiary/aromatic N) is 2. The van der Waals surface area contributed by atoms with Gasteiger partial charge in [-0.25, -0.2) is 4.98 Å². The van der Waals surface area contributed by atoms with E-state index in [0.717, 1.165) is 16.7 Å². The number of benzene rings is 1. The fourth-order valence-corrected chi connectivity index (χ4v) is 2.42. The van der Waals surface area contributed by atoms with Gasteiger partial charge in [-0.15, -0.1) is 0 Å². The molecule has 106 valence electrons. The quantitative estimate of drug-likeness (QED) is 0.740. The maximum absolute atomic E-state index is 12.5. The van der Waals surface area contributed by atoms with Crippen molar-refractivity contribution in [3.8, 4) is 16.9 Å². The fraction of sp³-hybridized carbons (Fsp3) is 0.176. The lowest BCUT2D eigenvalue weighted by Gasteiger charge is -2.09. The Balaban J connectivity index is 2.23. The van der Waals surface area contributed by atoms with E-state index >= 15 is 0 Å². The molecule has 0 radical (unpaired) electrons. The van der Waals surface area contributed by atoms with E-state index in [4.69, 9.17) is 4.74 Å². The molecule has 0 aliphatic carbocycles. The molecule has 0 N–H and O–H groups in total. The standard InChI is InChI=1S/C17H16N2O2/c1-3-21-14-8-4-6-12(10-14)15-11-13-7-5-9-18-16(13)19(2)17(15)20/h4-11H,3H2,1-2H3. The van der Waals surface area contributed by atoms with Gasteiger partial charge < -0.3 is 4.74 Å². The summed E-state index contributed by atoms with van der Waals surface area (Å²) in [7, 11) is 1.74. The Morgan fingerprint density at radius 1 is 1.19 bits per heavy atom. The Kier molecular flexibility index (Phi) is 3.44. The summed E-state index contributed by atoms with van der Waals surface area (Å²) in [6.45, 7) is 2.54. The van der Waals surface area contributed by atoms with Gasteiger partial charge in [-0.3, -0.25) is 9.36 Å². The number of fused-ring (bicyclic) bond motifs is 1. The molecule has 0 bridgehead atoms. The molecule has 0 fully saturated rings. The van der Waals surface area contributed by atoms with Gasteiger partial charge in [0.2, 0.25) is 0 Å². The second kappa shape index (κ2) is 5.40. The first-order valence-electron chi connectivity index (χ1n) is 6.88. The van der Waals surface area contributed by atoms with Gasteiger partial charge in [-0.2, -0.15) is 0 Å². The lowest BCUT2D eigenvalue weighted by molar-refractivity contribution is 0.340. The van der Waals surface area contributed by atoms with Crippen molar-refractivity contribution in [3.63, 3.8) is 0 Å². The zero-order chi connectivity index (χ0) is 14.8. The second-order valence-corrected chi connectivity index (χ2v) is 4.80. The summed E-state index contributed by atoms with van der Waals surface area (Å²) >= 11 is 0. The van der Waals surface area contributed by atoms with Crippen molar-refractivity contribution >= 4 is 11.0 Å². The van der Waals surface area contributed by atoms with E-state index in [1.165, 1.54) is 0 Å². The Bertz CT molecular complexity index is 853. The SMILES string of the molecule is CCOc1cccc(-c2cc3cccnc3n(C)c2=O)c1. The van der Waals surface area contributed by atoms with E-state index in [1.54, 1.807) is 17.8 Å². The van der Waals surface area contributed by atoms with Crippen LogP contribution in [0.25, 0.3) is 22.2 Å². The minimum absolute atomic E-state index is 0.0603. The third-order valence-corrected chi connectivity index (χ3v) is 3.43. The molecule has 0 spiro atoms. The molecule has 0 saturated heterocycles. The maximum atomic E-state index is 12.5. The number of pyridine rings is 2. The molecule has 21 heavy (non-hydrogen) atoms. The monoisotopic (exact) mass is 280 g/mol. The van der Waals surface area contributed by atoms with Crippen LogP contribution in [0.4, 0.5) is 0 Å². The van der Waals surface area contributed by atoms with E-state index in [2.05, 4.69) is 4.98 Å². The van der Waals surface area contributed by atoms with Crippen LogP contribution in [-0.4, -0.2) is 16.2 Å². The first kappa shape index (κ1) is 13.4. The number of rotatable bonds is 3. The zero-order valence-corrected chi connectivity index (χ0v) is 12.0. The van der Waals surface area contributed by atoms with E-state index in [0.29, 0.717) is 17.8 Å². The molecule has 4 heteroatoms. The van der Waals surface area contributed by atoms with Crippen LogP contribution in [0.15, 0.2) is 53.5 Å². The molecule has 2 aromatic heterocycles. The Labute approximate surface area is 122 Å². The normalized spacial score (nSPS) is 10.8. The van der Waals surface area contributed by atoms with Gasteiger partial charge in [0.15, 0.2) is 0 Å². The van der Waals surface area contributed by atoms with E-state index in [9.17, 15) is 4.79 Å². The molecular weight excluding hydrogens is 264 g/mol. The van der Waals surface area contributed by atoms with Gasteiger partial charge in [0, 0.05) is 24.2 Å². The van der Waals surface area contributed by atoms with Crippen LogP contribution in [0.2, 0.25) is 0 Å². The van der Waals surface area contributed by atoms with Crippen LogP contribution in [-0.2, 0) is 7.05 Å². The summed E-state index contributed by atoms with van der Waals surface area (Å²) in [5.74, 6) is 0.767. The summed E-state index contributed by atoms with van der Waals surface area (Å²) in [5, 5.41) is 0.941. The van der Waals surface area contributed by atoms with Crippen LogP contribution < -0.4 is 10.3 Å². The number of aryl methyl sites for hydroxylation is 1. The van der Waals surface area contributed by atoms with Crippen LogP contribution in [0.5, 0.6) is 5.75 Å². The summed E-state index contributed by atoms with van der Waals surface area (Å²) in [4.78, 5) is 16.8. The third kappa shape index (κ3) is 2.40. The molecule has 3 aromatic rings. The minimum Gasteiger partial charge on any atom is -0.494 e. The van der Waals surface area contributed by atoms with Crippen molar-refractivity contribution in [3.05, 3.63) is 59.0 Å².